The molecule has 3 rings (SSSR count). The molecule has 0 spiro atoms. The number of pyridine rings is 1. The topological polar surface area (TPSA) is 71.2 Å². The first-order valence-corrected chi connectivity index (χ1v) is 8.06. The Hall–Kier alpha value is -2.02. The van der Waals surface area contributed by atoms with Crippen molar-refractivity contribution in [2.75, 3.05) is 48.0 Å². The molecule has 3 heterocycles. The minimum absolute atomic E-state index is 0.558. The number of aromatic nitrogens is 3. The quantitative estimate of drug-likeness (QED) is 0.680. The van der Waals surface area contributed by atoms with Crippen molar-refractivity contribution in [1.29, 1.82) is 0 Å². The van der Waals surface area contributed by atoms with Crippen molar-refractivity contribution >= 4 is 29.1 Å². The van der Waals surface area contributed by atoms with E-state index in [0.717, 1.165) is 42.7 Å². The largest absolute Gasteiger partial charge is 0.384 e. The van der Waals surface area contributed by atoms with Gasteiger partial charge in [-0.05, 0) is 18.4 Å². The highest BCUT2D eigenvalue weighted by Crippen LogP contribution is 2.21. The van der Waals surface area contributed by atoms with Crippen molar-refractivity contribution in [1.82, 2.24) is 15.0 Å². The molecule has 2 N–H and O–H groups in total. The van der Waals surface area contributed by atoms with E-state index in [1.165, 1.54) is 0 Å². The van der Waals surface area contributed by atoms with Crippen molar-refractivity contribution < 1.29 is 0 Å². The summed E-state index contributed by atoms with van der Waals surface area (Å²) in [6.07, 6.45) is 5.50. The zero-order valence-electron chi connectivity index (χ0n) is 11.9. The van der Waals surface area contributed by atoms with Crippen LogP contribution in [0.3, 0.4) is 0 Å². The minimum atomic E-state index is 0.558. The van der Waals surface area contributed by atoms with E-state index in [1.54, 1.807) is 18.1 Å². The summed E-state index contributed by atoms with van der Waals surface area (Å²) in [5, 5.41) is 1.00. The van der Waals surface area contributed by atoms with E-state index in [2.05, 4.69) is 24.8 Å². The number of hydrogen-bond acceptors (Lipinski definition) is 7. The van der Waals surface area contributed by atoms with Gasteiger partial charge in [0.1, 0.15) is 23.0 Å². The van der Waals surface area contributed by atoms with Gasteiger partial charge < -0.3 is 15.5 Å². The van der Waals surface area contributed by atoms with Crippen LogP contribution in [0, 0.1) is 0 Å². The van der Waals surface area contributed by atoms with Crippen LogP contribution in [0.1, 0.15) is 0 Å². The molecule has 0 aromatic carbocycles. The van der Waals surface area contributed by atoms with Gasteiger partial charge in [-0.3, -0.25) is 0 Å². The summed E-state index contributed by atoms with van der Waals surface area (Å²) in [6, 6.07) is 5.91. The summed E-state index contributed by atoms with van der Waals surface area (Å²) < 4.78 is 0. The summed E-state index contributed by atoms with van der Waals surface area (Å²) >= 11 is 1.64. The molecule has 1 aliphatic rings. The molecule has 1 aliphatic heterocycles. The minimum Gasteiger partial charge on any atom is -0.384 e. The average Bonchev–Trinajstić information content (AvgIpc) is 2.56. The number of hydrogen-bond donors (Lipinski definition) is 1. The first kappa shape index (κ1) is 13.9. The van der Waals surface area contributed by atoms with Gasteiger partial charge in [-0.1, -0.05) is 0 Å². The molecule has 0 unspecified atom stereocenters. The van der Waals surface area contributed by atoms with Crippen LogP contribution in [0.5, 0.6) is 0 Å². The number of rotatable bonds is 3. The summed E-state index contributed by atoms with van der Waals surface area (Å²) in [7, 11) is 0. The average molecular weight is 302 g/mol. The lowest BCUT2D eigenvalue weighted by atomic mass is 10.2. The van der Waals surface area contributed by atoms with E-state index in [9.17, 15) is 0 Å². The van der Waals surface area contributed by atoms with E-state index in [4.69, 9.17) is 5.73 Å². The van der Waals surface area contributed by atoms with Crippen LogP contribution >= 0.6 is 11.8 Å². The van der Waals surface area contributed by atoms with Crippen molar-refractivity contribution in [3.8, 4) is 0 Å². The SMILES string of the molecule is CSc1cc(N2CCN(c3ccc(N)nc3)CC2)ncn1. The summed E-state index contributed by atoms with van der Waals surface area (Å²) in [5.74, 6) is 1.56. The first-order valence-electron chi connectivity index (χ1n) is 6.84. The Morgan fingerprint density at radius 3 is 2.48 bits per heavy atom. The molecule has 1 saturated heterocycles. The van der Waals surface area contributed by atoms with Gasteiger partial charge in [0, 0.05) is 32.2 Å². The van der Waals surface area contributed by atoms with E-state index >= 15 is 0 Å². The second kappa shape index (κ2) is 6.17. The lowest BCUT2D eigenvalue weighted by molar-refractivity contribution is 0.645. The normalized spacial score (nSPS) is 15.3. The third kappa shape index (κ3) is 3.18. The van der Waals surface area contributed by atoms with Crippen molar-refractivity contribution in [2.24, 2.45) is 0 Å². The molecule has 2 aromatic heterocycles. The maximum Gasteiger partial charge on any atom is 0.133 e. The zero-order chi connectivity index (χ0) is 14.7. The predicted octanol–water partition coefficient (Wildman–Crippen LogP) is 1.50. The molecule has 0 bridgehead atoms. The van der Waals surface area contributed by atoms with Crippen LogP contribution in [0.4, 0.5) is 17.3 Å². The highest BCUT2D eigenvalue weighted by Gasteiger charge is 2.18. The van der Waals surface area contributed by atoms with Crippen LogP contribution in [0.25, 0.3) is 0 Å². The molecule has 2 aromatic rings. The van der Waals surface area contributed by atoms with Crippen molar-refractivity contribution in [3.63, 3.8) is 0 Å². The Balaban J connectivity index is 1.65. The second-order valence-corrected chi connectivity index (χ2v) is 5.66. The monoisotopic (exact) mass is 302 g/mol. The molecule has 0 radical (unpaired) electrons. The Labute approximate surface area is 128 Å². The summed E-state index contributed by atoms with van der Waals surface area (Å²) in [6.45, 7) is 3.78. The molecule has 0 amide bonds. The number of nitrogens with two attached hydrogens (primary N) is 1. The van der Waals surface area contributed by atoms with Gasteiger partial charge in [0.15, 0.2) is 0 Å². The van der Waals surface area contributed by atoms with Gasteiger partial charge in [-0.2, -0.15) is 0 Å². The lowest BCUT2D eigenvalue weighted by Crippen LogP contribution is -2.46. The molecular weight excluding hydrogens is 284 g/mol. The number of thioether (sulfide) groups is 1. The Morgan fingerprint density at radius 1 is 1.05 bits per heavy atom. The maximum absolute atomic E-state index is 5.63. The smallest absolute Gasteiger partial charge is 0.133 e. The van der Waals surface area contributed by atoms with E-state index < -0.39 is 0 Å². The van der Waals surface area contributed by atoms with Crippen LogP contribution in [0.15, 0.2) is 35.7 Å². The van der Waals surface area contributed by atoms with Crippen LogP contribution < -0.4 is 15.5 Å². The van der Waals surface area contributed by atoms with E-state index in [1.807, 2.05) is 30.7 Å². The molecule has 110 valence electrons. The van der Waals surface area contributed by atoms with Gasteiger partial charge in [-0.15, -0.1) is 11.8 Å². The molecular formula is C14H18N6S. The first-order chi connectivity index (χ1) is 10.3. The highest BCUT2D eigenvalue weighted by atomic mass is 32.2. The fraction of sp³-hybridized carbons (Fsp3) is 0.357. The Kier molecular flexibility index (Phi) is 4.10. The molecule has 0 aliphatic carbocycles. The second-order valence-electron chi connectivity index (χ2n) is 4.83. The highest BCUT2D eigenvalue weighted by molar-refractivity contribution is 7.98. The van der Waals surface area contributed by atoms with Gasteiger partial charge in [0.05, 0.1) is 11.9 Å². The zero-order valence-corrected chi connectivity index (χ0v) is 12.8. The maximum atomic E-state index is 5.63. The molecule has 7 heteroatoms. The van der Waals surface area contributed by atoms with Gasteiger partial charge in [0.2, 0.25) is 0 Å². The van der Waals surface area contributed by atoms with Gasteiger partial charge >= 0.3 is 0 Å². The summed E-state index contributed by atoms with van der Waals surface area (Å²) in [5.41, 5.74) is 6.75. The van der Waals surface area contributed by atoms with E-state index in [0.29, 0.717) is 5.82 Å². The summed E-state index contributed by atoms with van der Waals surface area (Å²) in [4.78, 5) is 17.4. The number of anilines is 3. The van der Waals surface area contributed by atoms with Gasteiger partial charge in [-0.25, -0.2) is 15.0 Å². The molecule has 0 saturated carbocycles. The molecule has 21 heavy (non-hydrogen) atoms. The fourth-order valence-electron chi connectivity index (χ4n) is 2.39. The molecule has 0 atom stereocenters. The number of nitrogens with zero attached hydrogens (tertiary/aromatic N) is 5. The Morgan fingerprint density at radius 2 is 1.81 bits per heavy atom. The van der Waals surface area contributed by atoms with Crippen LogP contribution in [0.2, 0.25) is 0 Å². The number of piperazine rings is 1. The van der Waals surface area contributed by atoms with Crippen molar-refractivity contribution in [2.45, 2.75) is 5.03 Å². The third-order valence-corrected chi connectivity index (χ3v) is 4.22. The van der Waals surface area contributed by atoms with E-state index in [-0.39, 0.29) is 0 Å². The van der Waals surface area contributed by atoms with Crippen molar-refractivity contribution in [3.05, 3.63) is 30.7 Å². The fourth-order valence-corrected chi connectivity index (χ4v) is 2.77. The lowest BCUT2D eigenvalue weighted by Gasteiger charge is -2.36. The standard InChI is InChI=1S/C14H18N6S/c1-21-14-8-13(17-10-18-14)20-6-4-19(5-7-20)11-2-3-12(15)16-9-11/h2-3,8-10H,4-7H2,1H3,(H2,15,16). The molecule has 6 nitrogen and oxygen atoms in total. The number of nitrogen functional groups attached to an aromatic ring is 1. The predicted molar refractivity (Wildman–Crippen MR) is 86.9 cm³/mol. The molecule has 1 fully saturated rings. The third-order valence-electron chi connectivity index (χ3n) is 3.58. The Bertz CT molecular complexity index is 595. The van der Waals surface area contributed by atoms with Gasteiger partial charge in [0.25, 0.3) is 0 Å². The van der Waals surface area contributed by atoms with Crippen LogP contribution in [-0.4, -0.2) is 47.4 Å². The van der Waals surface area contributed by atoms with Crippen LogP contribution in [-0.2, 0) is 0 Å².